The maximum atomic E-state index is 9.09. The van der Waals surface area contributed by atoms with Crippen LogP contribution < -0.4 is 5.32 Å². The number of nitrogens with one attached hydrogen (secondary N) is 1. The Balaban J connectivity index is 2.66. The zero-order valence-corrected chi connectivity index (χ0v) is 10.4. The molecular formula is C11H15Cl2NO. The molecule has 1 aromatic rings. The Morgan fingerprint density at radius 2 is 2.00 bits per heavy atom. The van der Waals surface area contributed by atoms with Gasteiger partial charge >= 0.3 is 0 Å². The Hall–Kier alpha value is -0.440. The van der Waals surface area contributed by atoms with Crippen molar-refractivity contribution in [2.75, 3.05) is 18.5 Å². The fourth-order valence-corrected chi connectivity index (χ4v) is 1.50. The predicted octanol–water partition coefficient (Wildman–Crippen LogP) is 3.42. The van der Waals surface area contributed by atoms with E-state index in [-0.39, 0.29) is 12.0 Å². The minimum absolute atomic E-state index is 0.130. The van der Waals surface area contributed by atoms with E-state index in [0.717, 1.165) is 5.69 Å². The monoisotopic (exact) mass is 247 g/mol. The highest BCUT2D eigenvalue weighted by Gasteiger charge is 2.16. The average Bonchev–Trinajstić information content (AvgIpc) is 2.16. The highest BCUT2D eigenvalue weighted by atomic mass is 35.5. The summed E-state index contributed by atoms with van der Waals surface area (Å²) in [7, 11) is 0. The van der Waals surface area contributed by atoms with Crippen LogP contribution >= 0.6 is 23.2 Å². The van der Waals surface area contributed by atoms with Gasteiger partial charge in [-0.05, 0) is 18.2 Å². The summed E-state index contributed by atoms with van der Waals surface area (Å²) in [6.45, 7) is 4.74. The average molecular weight is 248 g/mol. The molecule has 2 nitrogen and oxygen atoms in total. The van der Waals surface area contributed by atoms with Crippen LogP contribution in [0.3, 0.4) is 0 Å². The summed E-state index contributed by atoms with van der Waals surface area (Å²) in [5.74, 6) is 0. The van der Waals surface area contributed by atoms with Crippen LogP contribution in [0.1, 0.15) is 13.8 Å². The molecule has 84 valence electrons. The molecule has 2 N–H and O–H groups in total. The molecule has 0 atom stereocenters. The van der Waals surface area contributed by atoms with Crippen LogP contribution in [0.2, 0.25) is 10.0 Å². The number of halogens is 2. The molecule has 4 heteroatoms. The maximum Gasteiger partial charge on any atom is 0.0652 e. The molecule has 0 heterocycles. The molecule has 0 saturated heterocycles. The lowest BCUT2D eigenvalue weighted by Gasteiger charge is -2.23. The third-order valence-electron chi connectivity index (χ3n) is 2.12. The Labute approximate surface area is 100 Å². The first-order valence-electron chi connectivity index (χ1n) is 4.74. The second-order valence-electron chi connectivity index (χ2n) is 4.30. The van der Waals surface area contributed by atoms with E-state index in [4.69, 9.17) is 28.3 Å². The van der Waals surface area contributed by atoms with E-state index in [0.29, 0.717) is 16.6 Å². The van der Waals surface area contributed by atoms with Gasteiger partial charge in [0, 0.05) is 23.6 Å². The second-order valence-corrected chi connectivity index (χ2v) is 5.14. The normalized spacial score (nSPS) is 11.5. The molecule has 0 fully saturated rings. The molecule has 0 aliphatic rings. The maximum absolute atomic E-state index is 9.09. The zero-order chi connectivity index (χ0) is 11.5. The van der Waals surface area contributed by atoms with Crippen molar-refractivity contribution in [2.45, 2.75) is 13.8 Å². The third-order valence-corrected chi connectivity index (χ3v) is 2.66. The van der Waals surface area contributed by atoms with E-state index in [1.165, 1.54) is 0 Å². The van der Waals surface area contributed by atoms with Gasteiger partial charge in [0.15, 0.2) is 0 Å². The van der Waals surface area contributed by atoms with Crippen LogP contribution in [0.4, 0.5) is 5.69 Å². The van der Waals surface area contributed by atoms with Gasteiger partial charge in [-0.2, -0.15) is 0 Å². The number of anilines is 1. The molecule has 0 spiro atoms. The lowest BCUT2D eigenvalue weighted by Crippen LogP contribution is -2.26. The summed E-state index contributed by atoms with van der Waals surface area (Å²) in [6, 6.07) is 5.30. The standard InChI is InChI=1S/C11H15Cl2NO/c1-11(2,7-15)6-14-10-4-3-8(12)5-9(10)13/h3-5,14-15H,6-7H2,1-2H3. The fraction of sp³-hybridized carbons (Fsp3) is 0.455. The molecule has 15 heavy (non-hydrogen) atoms. The van der Waals surface area contributed by atoms with Crippen LogP contribution in [0.25, 0.3) is 0 Å². The molecule has 0 aromatic heterocycles. The topological polar surface area (TPSA) is 32.3 Å². The summed E-state index contributed by atoms with van der Waals surface area (Å²) in [4.78, 5) is 0. The number of aliphatic hydroxyl groups excluding tert-OH is 1. The zero-order valence-electron chi connectivity index (χ0n) is 8.85. The van der Waals surface area contributed by atoms with Crippen molar-refractivity contribution >= 4 is 28.9 Å². The first-order valence-corrected chi connectivity index (χ1v) is 5.50. The molecule has 1 aromatic carbocycles. The summed E-state index contributed by atoms with van der Waals surface area (Å²) in [5, 5.41) is 13.5. The second kappa shape index (κ2) is 5.06. The van der Waals surface area contributed by atoms with E-state index < -0.39 is 0 Å². The van der Waals surface area contributed by atoms with E-state index in [9.17, 15) is 0 Å². The largest absolute Gasteiger partial charge is 0.396 e. The summed E-state index contributed by atoms with van der Waals surface area (Å²) >= 11 is 11.8. The van der Waals surface area contributed by atoms with Crippen LogP contribution in [0, 0.1) is 5.41 Å². The highest BCUT2D eigenvalue weighted by molar-refractivity contribution is 6.36. The number of aliphatic hydroxyl groups is 1. The molecule has 0 unspecified atom stereocenters. The van der Waals surface area contributed by atoms with Crippen molar-refractivity contribution in [1.82, 2.24) is 0 Å². The highest BCUT2D eigenvalue weighted by Crippen LogP contribution is 2.26. The summed E-state index contributed by atoms with van der Waals surface area (Å²) in [5.41, 5.74) is 0.672. The van der Waals surface area contributed by atoms with Gasteiger partial charge in [-0.15, -0.1) is 0 Å². The molecule has 0 saturated carbocycles. The lowest BCUT2D eigenvalue weighted by atomic mass is 9.95. The Morgan fingerprint density at radius 1 is 1.33 bits per heavy atom. The molecule has 0 aliphatic carbocycles. The van der Waals surface area contributed by atoms with Gasteiger partial charge in [-0.25, -0.2) is 0 Å². The van der Waals surface area contributed by atoms with Crippen LogP contribution in [0.15, 0.2) is 18.2 Å². The van der Waals surface area contributed by atoms with Crippen LogP contribution in [-0.4, -0.2) is 18.3 Å². The van der Waals surface area contributed by atoms with Gasteiger partial charge in [0.25, 0.3) is 0 Å². The van der Waals surface area contributed by atoms with Crippen LogP contribution in [0.5, 0.6) is 0 Å². The smallest absolute Gasteiger partial charge is 0.0652 e. The van der Waals surface area contributed by atoms with Crippen molar-refractivity contribution in [3.05, 3.63) is 28.2 Å². The van der Waals surface area contributed by atoms with Gasteiger partial charge in [-0.1, -0.05) is 37.0 Å². The number of hydrogen-bond acceptors (Lipinski definition) is 2. The van der Waals surface area contributed by atoms with Crippen LogP contribution in [-0.2, 0) is 0 Å². The van der Waals surface area contributed by atoms with Gasteiger partial charge in [0.05, 0.1) is 10.7 Å². The van der Waals surface area contributed by atoms with Crippen molar-refractivity contribution in [2.24, 2.45) is 5.41 Å². The fourth-order valence-electron chi connectivity index (χ4n) is 1.02. The quantitative estimate of drug-likeness (QED) is 0.855. The molecule has 0 aliphatic heterocycles. The van der Waals surface area contributed by atoms with Gasteiger partial charge in [-0.3, -0.25) is 0 Å². The number of rotatable bonds is 4. The van der Waals surface area contributed by atoms with E-state index in [2.05, 4.69) is 5.32 Å². The SMILES string of the molecule is CC(C)(CO)CNc1ccc(Cl)cc1Cl. The molecule has 0 radical (unpaired) electrons. The first-order chi connectivity index (χ1) is 6.94. The Morgan fingerprint density at radius 3 is 2.53 bits per heavy atom. The number of hydrogen-bond donors (Lipinski definition) is 2. The number of benzene rings is 1. The van der Waals surface area contributed by atoms with Crippen molar-refractivity contribution in [3.63, 3.8) is 0 Å². The summed E-state index contributed by atoms with van der Waals surface area (Å²) < 4.78 is 0. The third kappa shape index (κ3) is 3.90. The van der Waals surface area contributed by atoms with E-state index in [1.807, 2.05) is 19.9 Å². The van der Waals surface area contributed by atoms with Crippen molar-refractivity contribution in [3.8, 4) is 0 Å². The Kier molecular flexibility index (Phi) is 4.26. The first kappa shape index (κ1) is 12.6. The minimum atomic E-state index is -0.164. The molecular weight excluding hydrogens is 233 g/mol. The minimum Gasteiger partial charge on any atom is -0.396 e. The van der Waals surface area contributed by atoms with Gasteiger partial charge in [0.1, 0.15) is 0 Å². The van der Waals surface area contributed by atoms with Crippen molar-refractivity contribution < 1.29 is 5.11 Å². The summed E-state index contributed by atoms with van der Waals surface area (Å²) in [6.07, 6.45) is 0. The van der Waals surface area contributed by atoms with E-state index in [1.54, 1.807) is 12.1 Å². The molecule has 0 bridgehead atoms. The van der Waals surface area contributed by atoms with E-state index >= 15 is 0 Å². The molecule has 1 rings (SSSR count). The van der Waals surface area contributed by atoms with Gasteiger partial charge < -0.3 is 10.4 Å². The molecule has 0 amide bonds. The lowest BCUT2D eigenvalue weighted by molar-refractivity contribution is 0.171. The van der Waals surface area contributed by atoms with Crippen molar-refractivity contribution in [1.29, 1.82) is 0 Å². The van der Waals surface area contributed by atoms with Gasteiger partial charge in [0.2, 0.25) is 0 Å². The predicted molar refractivity (Wildman–Crippen MR) is 65.8 cm³/mol. The Bertz CT molecular complexity index is 339.